The van der Waals surface area contributed by atoms with Crippen LogP contribution in [0.1, 0.15) is 147 Å². The van der Waals surface area contributed by atoms with E-state index in [-0.39, 0.29) is 62.7 Å². The van der Waals surface area contributed by atoms with Crippen LogP contribution in [0.5, 0.6) is 17.2 Å². The van der Waals surface area contributed by atoms with Crippen LogP contribution >= 0.6 is 0 Å². The molecular formula is C47H79N3O7V. The molecule has 3 atom stereocenters. The number of aromatic hydroxyl groups is 2. The zero-order chi connectivity index (χ0) is 41.2. The first-order valence-electron chi connectivity index (χ1n) is 20.7. The molecule has 6 rings (SSSR count). The zero-order valence-electron chi connectivity index (χ0n) is 35.0. The number of aliphatic hydroxyl groups is 3. The number of benzene rings is 3. The average Bonchev–Trinajstić information content (AvgIpc) is 3.21. The van der Waals surface area contributed by atoms with Crippen molar-refractivity contribution in [1.82, 2.24) is 4.90 Å². The van der Waals surface area contributed by atoms with Crippen LogP contribution in [0.3, 0.4) is 0 Å². The van der Waals surface area contributed by atoms with E-state index in [9.17, 15) is 25.5 Å². The van der Waals surface area contributed by atoms with E-state index in [0.717, 1.165) is 106 Å². The monoisotopic (exact) mass is 850 g/mol. The summed E-state index contributed by atoms with van der Waals surface area (Å²) in [6.07, 6.45) is 15.4. The van der Waals surface area contributed by atoms with Crippen LogP contribution in [0.2, 0.25) is 0 Å². The van der Waals surface area contributed by atoms with Crippen LogP contribution in [-0.4, -0.2) is 93.6 Å². The molecule has 0 amide bonds. The van der Waals surface area contributed by atoms with Gasteiger partial charge < -0.3 is 52.1 Å². The number of methoxy groups -OCH3 is 1. The van der Waals surface area contributed by atoms with Gasteiger partial charge in [0.2, 0.25) is 1.43 Å². The fraction of sp³-hybridized carbons (Fsp3) is 0.617. The predicted octanol–water partition coefficient (Wildman–Crippen LogP) is 7.74. The van der Waals surface area contributed by atoms with Crippen molar-refractivity contribution in [1.29, 1.82) is 0 Å². The molecule has 0 heterocycles. The summed E-state index contributed by atoms with van der Waals surface area (Å²) in [5, 5.41) is 51.2. The number of rotatable bonds is 11. The van der Waals surface area contributed by atoms with Gasteiger partial charge in [0.05, 0.1) is 23.9 Å². The van der Waals surface area contributed by atoms with E-state index < -0.39 is 16.8 Å². The number of hydrogen-bond acceptors (Lipinski definition) is 9. The van der Waals surface area contributed by atoms with Gasteiger partial charge in [0.15, 0.2) is 0 Å². The van der Waals surface area contributed by atoms with E-state index in [1.807, 2.05) is 62.6 Å². The van der Waals surface area contributed by atoms with Gasteiger partial charge in [0.1, 0.15) is 17.2 Å². The molecule has 0 saturated heterocycles. The van der Waals surface area contributed by atoms with Gasteiger partial charge >= 0.3 is 0 Å². The molecule has 3 aliphatic carbocycles. The molecule has 11 heteroatoms. The van der Waals surface area contributed by atoms with Crippen LogP contribution in [0.25, 0.3) is 0 Å². The van der Waals surface area contributed by atoms with Crippen LogP contribution in [0.4, 0.5) is 0 Å². The van der Waals surface area contributed by atoms with Crippen LogP contribution in [0.15, 0.2) is 72.8 Å². The van der Waals surface area contributed by atoms with Crippen molar-refractivity contribution in [2.45, 2.75) is 146 Å². The van der Waals surface area contributed by atoms with Crippen molar-refractivity contribution >= 4 is 0 Å². The van der Waals surface area contributed by atoms with Crippen LogP contribution in [0, 0.1) is 0 Å². The minimum atomic E-state index is -0.663. The maximum atomic E-state index is 11.0. The maximum absolute atomic E-state index is 11.0. The molecule has 3 fully saturated rings. The van der Waals surface area contributed by atoms with E-state index in [2.05, 4.69) is 4.90 Å². The van der Waals surface area contributed by atoms with Gasteiger partial charge in [-0.1, -0.05) is 109 Å². The molecule has 58 heavy (non-hydrogen) atoms. The number of phenolic OH excluding ortho intramolecular Hbond substituents is 2. The third-order valence-electron chi connectivity index (χ3n) is 12.2. The Balaban J connectivity index is 0.000000818. The summed E-state index contributed by atoms with van der Waals surface area (Å²) in [7, 11) is 5.74. The smallest absolute Gasteiger partial charge is 0.206 e. The molecule has 0 spiro atoms. The summed E-state index contributed by atoms with van der Waals surface area (Å²) in [5.74, 6) is 1.49. The van der Waals surface area contributed by atoms with Crippen molar-refractivity contribution in [2.75, 3.05) is 40.8 Å². The fourth-order valence-electron chi connectivity index (χ4n) is 9.07. The number of phenols is 2. The molecule has 3 aromatic carbocycles. The first kappa shape index (κ1) is 53.4. The molecule has 3 unspecified atom stereocenters. The Morgan fingerprint density at radius 3 is 1.12 bits per heavy atom. The SMILES string of the molecule is C.C.CN(C)CC(c1ccc(O)cc1)C1(O)CCCCC1.COc1ccc(C(CN)C2(O)CCCCC2)cc1.NCC(c1ccc(O)cc1)C1(O)CCCCC1.[2H]O.[V]. The summed E-state index contributed by atoms with van der Waals surface area (Å²) >= 11 is 0. The van der Waals surface area contributed by atoms with E-state index in [1.165, 1.54) is 19.3 Å². The van der Waals surface area contributed by atoms with E-state index in [0.29, 0.717) is 13.1 Å². The average molecular weight is 850 g/mol. The zero-order valence-corrected chi connectivity index (χ0v) is 35.4. The third-order valence-corrected chi connectivity index (χ3v) is 12.2. The number of nitrogens with two attached hydrogens (primary N) is 2. The van der Waals surface area contributed by atoms with Gasteiger partial charge in [-0.3, -0.25) is 0 Å². The van der Waals surface area contributed by atoms with Crippen molar-refractivity contribution in [2.24, 2.45) is 11.5 Å². The van der Waals surface area contributed by atoms with Gasteiger partial charge in [-0.05, 0) is 106 Å². The van der Waals surface area contributed by atoms with E-state index >= 15 is 0 Å². The van der Waals surface area contributed by atoms with Gasteiger partial charge in [-0.25, -0.2) is 0 Å². The molecule has 0 aliphatic heterocycles. The van der Waals surface area contributed by atoms with E-state index in [1.54, 1.807) is 31.4 Å². The molecule has 329 valence electrons. The Morgan fingerprint density at radius 2 is 0.845 bits per heavy atom. The maximum Gasteiger partial charge on any atom is 0.206 e. The molecule has 3 saturated carbocycles. The Bertz CT molecular complexity index is 1500. The van der Waals surface area contributed by atoms with Crippen molar-refractivity contribution in [3.63, 3.8) is 0 Å². The number of likely N-dealkylation sites (N-methyl/N-ethyl adjacent to an activating group) is 1. The Morgan fingerprint density at radius 1 is 0.569 bits per heavy atom. The Kier molecular flexibility index (Phi) is 24.4. The molecule has 10 nitrogen and oxygen atoms in total. The fourth-order valence-corrected chi connectivity index (χ4v) is 9.07. The summed E-state index contributed by atoms with van der Waals surface area (Å²) in [5.41, 5.74) is 19.4. The topological polar surface area (TPSA) is 197 Å². The van der Waals surface area contributed by atoms with E-state index in [4.69, 9.17) is 23.1 Å². The summed E-state index contributed by atoms with van der Waals surface area (Å²) in [6, 6.07) is 22.2. The summed E-state index contributed by atoms with van der Waals surface area (Å²) in [4.78, 5) is 2.13. The Hall–Kier alpha value is -2.64. The molecule has 0 aromatic heterocycles. The molecule has 0 bridgehead atoms. The first-order chi connectivity index (χ1) is 26.9. The second-order valence-corrected chi connectivity index (χ2v) is 16.3. The summed E-state index contributed by atoms with van der Waals surface area (Å²) < 4.78 is 9.91. The van der Waals surface area contributed by atoms with Gasteiger partial charge in [-0.2, -0.15) is 0 Å². The second-order valence-electron chi connectivity index (χ2n) is 16.3. The van der Waals surface area contributed by atoms with Crippen molar-refractivity contribution in [3.8, 4) is 17.2 Å². The van der Waals surface area contributed by atoms with Gasteiger partial charge in [0.25, 0.3) is 0 Å². The molecule has 11 N–H and O–H groups in total. The van der Waals surface area contributed by atoms with Crippen LogP contribution in [-0.2, 0) is 18.6 Å². The number of nitrogens with zero attached hydrogens (tertiary/aromatic N) is 1. The molecular weight excluding hydrogens is 769 g/mol. The normalized spacial score (nSPS) is 19.3. The quantitative estimate of drug-likeness (QED) is 0.101. The standard InChI is InChI=1S/C16H25NO2.C15H23NO2.C14H21NO2.2CH4.H2O.V/c1-17(2)12-15(13-6-8-14(18)9-7-13)16(19)10-4-3-5-11-16;1-18-13-7-5-12(6-8-13)14(11-16)15(17)9-3-2-4-10-15;15-10-13(11-4-6-12(16)7-5-11)14(17)8-2-1-3-9-14;;;;/h6-9,15,18-19H,3-5,10-12H2,1-2H3;5-8,14,17H,2-4,9-11,16H2,1H3;4-7,13,16-17H,1-3,8-10,15H2;2*1H4;1H2;/i/hD. The number of ether oxygens (including phenoxy) is 1. The van der Waals surface area contributed by atoms with Crippen molar-refractivity contribution < 1.29 is 55.7 Å². The molecule has 1 radical (unpaired) electrons. The summed E-state index contributed by atoms with van der Waals surface area (Å²) in [6.45, 7) is 1.77. The Labute approximate surface area is 364 Å². The molecule has 3 aliphatic rings. The first-order valence-corrected chi connectivity index (χ1v) is 20.3. The van der Waals surface area contributed by atoms with Crippen molar-refractivity contribution in [3.05, 3.63) is 89.5 Å². The van der Waals surface area contributed by atoms with Gasteiger partial charge in [0, 0.05) is 55.9 Å². The van der Waals surface area contributed by atoms with Gasteiger partial charge in [-0.15, -0.1) is 0 Å². The third kappa shape index (κ3) is 15.4. The molecule has 3 aromatic rings. The largest absolute Gasteiger partial charge is 0.508 e. The predicted molar refractivity (Wildman–Crippen MR) is 235 cm³/mol. The minimum Gasteiger partial charge on any atom is -0.508 e. The van der Waals surface area contributed by atoms with Crippen LogP contribution < -0.4 is 16.2 Å². The number of hydrogen-bond donors (Lipinski definition) is 7. The minimum absolute atomic E-state index is 0. The second kappa shape index (κ2) is 26.5.